The molecule has 4 nitrogen and oxygen atoms in total. The molecule has 0 aromatic heterocycles. The van der Waals surface area contributed by atoms with Gasteiger partial charge in [-0.1, -0.05) is 20.3 Å². The lowest BCUT2D eigenvalue weighted by atomic mass is 9.51. The van der Waals surface area contributed by atoms with Crippen LogP contribution in [0.15, 0.2) is 4.99 Å². The molecule has 2 aliphatic carbocycles. The van der Waals surface area contributed by atoms with E-state index in [2.05, 4.69) is 36.4 Å². The van der Waals surface area contributed by atoms with Crippen molar-refractivity contribution in [1.82, 2.24) is 10.6 Å². The van der Waals surface area contributed by atoms with Gasteiger partial charge in [-0.05, 0) is 32.1 Å². The van der Waals surface area contributed by atoms with Crippen molar-refractivity contribution in [2.45, 2.75) is 58.6 Å². The molecule has 0 aromatic rings. The first-order valence-electron chi connectivity index (χ1n) is 7.71. The molecule has 0 heterocycles. The van der Waals surface area contributed by atoms with Crippen LogP contribution in [-0.2, 0) is 4.74 Å². The van der Waals surface area contributed by atoms with E-state index in [4.69, 9.17) is 4.74 Å². The predicted molar refractivity (Wildman–Crippen MR) is 79.4 cm³/mol. The standard InChI is InChI=1S/C15H29N3O/c1-5-19-13-9-12(15(13)7-6-8-15)18-14(16-4)17-10-11(2)3/h11-13H,5-10H2,1-4H3,(H2,16,17,18). The van der Waals surface area contributed by atoms with Crippen LogP contribution in [0.25, 0.3) is 0 Å². The molecule has 0 aromatic carbocycles. The van der Waals surface area contributed by atoms with Crippen LogP contribution in [-0.4, -0.2) is 38.3 Å². The SMILES string of the molecule is CCOC1CC(NC(=NC)NCC(C)C)C12CCC2. The summed E-state index contributed by atoms with van der Waals surface area (Å²) in [7, 11) is 1.85. The Kier molecular flexibility index (Phi) is 4.71. The third kappa shape index (κ3) is 2.88. The Balaban J connectivity index is 1.86. The van der Waals surface area contributed by atoms with Crippen LogP contribution in [0.5, 0.6) is 0 Å². The summed E-state index contributed by atoms with van der Waals surface area (Å²) in [6, 6.07) is 0.538. The molecule has 0 saturated heterocycles. The zero-order chi connectivity index (χ0) is 13.9. The molecule has 2 aliphatic rings. The Bertz CT molecular complexity index is 323. The van der Waals surface area contributed by atoms with E-state index < -0.39 is 0 Å². The summed E-state index contributed by atoms with van der Waals surface area (Å²) >= 11 is 0. The van der Waals surface area contributed by atoms with Gasteiger partial charge < -0.3 is 15.4 Å². The van der Waals surface area contributed by atoms with Gasteiger partial charge in [-0.15, -0.1) is 0 Å². The molecule has 2 atom stereocenters. The highest BCUT2D eigenvalue weighted by Crippen LogP contribution is 2.57. The maximum Gasteiger partial charge on any atom is 0.191 e. The lowest BCUT2D eigenvalue weighted by Crippen LogP contribution is -2.68. The zero-order valence-electron chi connectivity index (χ0n) is 12.8. The first kappa shape index (κ1) is 14.6. The Labute approximate surface area is 117 Å². The van der Waals surface area contributed by atoms with E-state index in [0.717, 1.165) is 25.5 Å². The summed E-state index contributed by atoms with van der Waals surface area (Å²) in [6.45, 7) is 8.31. The van der Waals surface area contributed by atoms with Gasteiger partial charge in [0.05, 0.1) is 6.10 Å². The largest absolute Gasteiger partial charge is 0.378 e. The molecule has 110 valence electrons. The molecule has 2 fully saturated rings. The Morgan fingerprint density at radius 2 is 2.16 bits per heavy atom. The topological polar surface area (TPSA) is 45.6 Å². The van der Waals surface area contributed by atoms with Crippen LogP contribution < -0.4 is 10.6 Å². The molecule has 2 N–H and O–H groups in total. The molecule has 19 heavy (non-hydrogen) atoms. The highest BCUT2D eigenvalue weighted by molar-refractivity contribution is 5.80. The third-order valence-electron chi connectivity index (χ3n) is 4.65. The Morgan fingerprint density at radius 3 is 2.63 bits per heavy atom. The zero-order valence-corrected chi connectivity index (χ0v) is 12.8. The Morgan fingerprint density at radius 1 is 1.42 bits per heavy atom. The molecule has 0 aliphatic heterocycles. The molecule has 2 saturated carbocycles. The van der Waals surface area contributed by atoms with Crippen molar-refractivity contribution in [2.75, 3.05) is 20.2 Å². The van der Waals surface area contributed by atoms with E-state index in [1.165, 1.54) is 19.3 Å². The summed E-state index contributed by atoms with van der Waals surface area (Å²) in [6.07, 6.45) is 5.54. The number of hydrogen-bond donors (Lipinski definition) is 2. The minimum absolute atomic E-state index is 0.394. The van der Waals surface area contributed by atoms with Gasteiger partial charge >= 0.3 is 0 Å². The van der Waals surface area contributed by atoms with Crippen LogP contribution in [0.1, 0.15) is 46.5 Å². The van der Waals surface area contributed by atoms with E-state index in [0.29, 0.717) is 23.5 Å². The normalized spacial score (nSPS) is 29.0. The van der Waals surface area contributed by atoms with Crippen molar-refractivity contribution >= 4 is 5.96 Å². The third-order valence-corrected chi connectivity index (χ3v) is 4.65. The van der Waals surface area contributed by atoms with Gasteiger partial charge in [-0.3, -0.25) is 4.99 Å². The number of hydrogen-bond acceptors (Lipinski definition) is 2. The highest BCUT2D eigenvalue weighted by Gasteiger charge is 2.59. The summed E-state index contributed by atoms with van der Waals surface area (Å²) in [5.74, 6) is 1.58. The second-order valence-corrected chi connectivity index (χ2v) is 6.31. The summed E-state index contributed by atoms with van der Waals surface area (Å²) < 4.78 is 5.88. The molecule has 0 radical (unpaired) electrons. The number of aliphatic imine (C=N–C) groups is 1. The molecule has 0 bridgehead atoms. The first-order chi connectivity index (χ1) is 9.12. The van der Waals surface area contributed by atoms with E-state index in [-0.39, 0.29) is 0 Å². The van der Waals surface area contributed by atoms with Crippen LogP contribution in [0.4, 0.5) is 0 Å². The molecule has 2 unspecified atom stereocenters. The van der Waals surface area contributed by atoms with E-state index in [1.54, 1.807) is 0 Å². The number of nitrogens with one attached hydrogen (secondary N) is 2. The smallest absolute Gasteiger partial charge is 0.191 e. The second kappa shape index (κ2) is 6.12. The van der Waals surface area contributed by atoms with Gasteiger partial charge in [-0.25, -0.2) is 0 Å². The Hall–Kier alpha value is -0.770. The average Bonchev–Trinajstić information content (AvgIpc) is 2.29. The molecule has 1 spiro atoms. The van der Waals surface area contributed by atoms with Gasteiger partial charge in [0.25, 0.3) is 0 Å². The van der Waals surface area contributed by atoms with Crippen molar-refractivity contribution in [3.05, 3.63) is 0 Å². The fraction of sp³-hybridized carbons (Fsp3) is 0.933. The first-order valence-corrected chi connectivity index (χ1v) is 7.71. The minimum Gasteiger partial charge on any atom is -0.378 e. The van der Waals surface area contributed by atoms with Crippen LogP contribution >= 0.6 is 0 Å². The minimum atomic E-state index is 0.394. The molecule has 0 amide bonds. The maximum absolute atomic E-state index is 5.88. The maximum atomic E-state index is 5.88. The molecular weight excluding hydrogens is 238 g/mol. The van der Waals surface area contributed by atoms with E-state index >= 15 is 0 Å². The summed E-state index contributed by atoms with van der Waals surface area (Å²) in [4.78, 5) is 4.33. The fourth-order valence-electron chi connectivity index (χ4n) is 3.30. The number of ether oxygens (including phenoxy) is 1. The van der Waals surface area contributed by atoms with Crippen molar-refractivity contribution in [3.63, 3.8) is 0 Å². The van der Waals surface area contributed by atoms with Gasteiger partial charge in [0.1, 0.15) is 0 Å². The van der Waals surface area contributed by atoms with Crippen LogP contribution in [0, 0.1) is 11.3 Å². The summed E-state index contributed by atoms with van der Waals surface area (Å²) in [5, 5.41) is 7.00. The van der Waals surface area contributed by atoms with Gasteiger partial charge in [-0.2, -0.15) is 0 Å². The number of guanidine groups is 1. The second-order valence-electron chi connectivity index (χ2n) is 6.31. The molecular formula is C15H29N3O. The van der Waals surface area contributed by atoms with Crippen molar-refractivity contribution in [2.24, 2.45) is 16.3 Å². The lowest BCUT2D eigenvalue weighted by molar-refractivity contribution is -0.168. The van der Waals surface area contributed by atoms with E-state index in [9.17, 15) is 0 Å². The van der Waals surface area contributed by atoms with Crippen molar-refractivity contribution in [1.29, 1.82) is 0 Å². The quantitative estimate of drug-likeness (QED) is 0.593. The van der Waals surface area contributed by atoms with Crippen molar-refractivity contribution in [3.8, 4) is 0 Å². The van der Waals surface area contributed by atoms with Crippen molar-refractivity contribution < 1.29 is 4.74 Å². The number of rotatable bonds is 5. The van der Waals surface area contributed by atoms with Crippen LogP contribution in [0.3, 0.4) is 0 Å². The predicted octanol–water partition coefficient (Wildman–Crippen LogP) is 2.16. The van der Waals surface area contributed by atoms with Gasteiger partial charge in [0, 0.05) is 31.7 Å². The van der Waals surface area contributed by atoms with Crippen LogP contribution in [0.2, 0.25) is 0 Å². The molecule has 4 heteroatoms. The fourth-order valence-corrected chi connectivity index (χ4v) is 3.30. The highest BCUT2D eigenvalue weighted by atomic mass is 16.5. The van der Waals surface area contributed by atoms with E-state index in [1.807, 2.05) is 7.05 Å². The molecule has 2 rings (SSSR count). The monoisotopic (exact) mass is 267 g/mol. The average molecular weight is 267 g/mol. The van der Waals surface area contributed by atoms with Gasteiger partial charge in [0.15, 0.2) is 5.96 Å². The number of nitrogens with zero attached hydrogens (tertiary/aromatic N) is 1. The summed E-state index contributed by atoms with van der Waals surface area (Å²) in [5.41, 5.74) is 0.394. The lowest BCUT2D eigenvalue weighted by Gasteiger charge is -2.61. The van der Waals surface area contributed by atoms with Gasteiger partial charge in [0.2, 0.25) is 0 Å².